The van der Waals surface area contributed by atoms with Gasteiger partial charge in [0.05, 0.1) is 25.9 Å². The lowest BCUT2D eigenvalue weighted by Crippen LogP contribution is -2.38. The molecule has 1 atom stereocenters. The van der Waals surface area contributed by atoms with Gasteiger partial charge in [0.2, 0.25) is 0 Å². The third-order valence-corrected chi connectivity index (χ3v) is 4.18. The van der Waals surface area contributed by atoms with E-state index < -0.39 is 0 Å². The molecule has 6 heteroatoms. The summed E-state index contributed by atoms with van der Waals surface area (Å²) in [6, 6.07) is 0. The van der Waals surface area contributed by atoms with Crippen molar-refractivity contribution in [2.24, 2.45) is 4.99 Å². The maximum Gasteiger partial charge on any atom is 0.191 e. The number of hydrogen-bond donors (Lipinski definition) is 2. The van der Waals surface area contributed by atoms with Crippen LogP contribution in [0.3, 0.4) is 0 Å². The van der Waals surface area contributed by atoms with Gasteiger partial charge < -0.3 is 24.8 Å². The molecule has 2 rings (SSSR count). The van der Waals surface area contributed by atoms with Crippen molar-refractivity contribution >= 4 is 5.96 Å². The van der Waals surface area contributed by atoms with Crippen molar-refractivity contribution in [1.29, 1.82) is 0 Å². The van der Waals surface area contributed by atoms with Crippen LogP contribution in [0.2, 0.25) is 0 Å². The normalized spacial score (nSPS) is 21.6. The Hall–Kier alpha value is -1.11. The summed E-state index contributed by atoms with van der Waals surface area (Å²) in [5.41, 5.74) is 1.48. The van der Waals surface area contributed by atoms with Crippen LogP contribution >= 0.6 is 0 Å². The topological polar surface area (TPSA) is 64.1 Å². The van der Waals surface area contributed by atoms with Gasteiger partial charge in [0, 0.05) is 32.8 Å². The molecule has 2 aliphatic heterocycles. The van der Waals surface area contributed by atoms with Crippen molar-refractivity contribution in [3.8, 4) is 0 Å². The molecule has 0 saturated carbocycles. The SMILES string of the molecule is CCNC(=NCCCOCC1CCCO1)NCCC1=CCOCC1. The van der Waals surface area contributed by atoms with Crippen molar-refractivity contribution in [1.82, 2.24) is 10.6 Å². The largest absolute Gasteiger partial charge is 0.379 e. The predicted octanol–water partition coefficient (Wildman–Crippen LogP) is 1.86. The summed E-state index contributed by atoms with van der Waals surface area (Å²) < 4.78 is 16.5. The van der Waals surface area contributed by atoms with E-state index in [1.165, 1.54) is 12.0 Å². The first-order valence-electron chi connectivity index (χ1n) is 9.35. The molecule has 24 heavy (non-hydrogen) atoms. The molecule has 0 aromatic rings. The third-order valence-electron chi connectivity index (χ3n) is 4.18. The molecule has 0 aromatic carbocycles. The summed E-state index contributed by atoms with van der Waals surface area (Å²) in [7, 11) is 0. The van der Waals surface area contributed by atoms with Gasteiger partial charge in [-0.15, -0.1) is 0 Å². The smallest absolute Gasteiger partial charge is 0.191 e. The quantitative estimate of drug-likeness (QED) is 0.275. The van der Waals surface area contributed by atoms with Crippen molar-refractivity contribution < 1.29 is 14.2 Å². The number of nitrogens with zero attached hydrogens (tertiary/aromatic N) is 1. The summed E-state index contributed by atoms with van der Waals surface area (Å²) in [6.07, 6.45) is 7.85. The molecule has 0 spiro atoms. The van der Waals surface area contributed by atoms with Crippen LogP contribution in [-0.2, 0) is 14.2 Å². The summed E-state index contributed by atoms with van der Waals surface area (Å²) >= 11 is 0. The molecule has 1 unspecified atom stereocenters. The number of aliphatic imine (C=N–C) groups is 1. The Kier molecular flexibility index (Phi) is 9.83. The second kappa shape index (κ2) is 12.3. The zero-order valence-corrected chi connectivity index (χ0v) is 15.0. The van der Waals surface area contributed by atoms with E-state index in [1.807, 2.05) is 0 Å². The minimum absolute atomic E-state index is 0.312. The predicted molar refractivity (Wildman–Crippen MR) is 96.5 cm³/mol. The van der Waals surface area contributed by atoms with E-state index in [2.05, 4.69) is 28.6 Å². The Morgan fingerprint density at radius 2 is 2.33 bits per heavy atom. The molecule has 1 fully saturated rings. The fourth-order valence-electron chi connectivity index (χ4n) is 2.82. The molecule has 138 valence electrons. The molecule has 0 aliphatic carbocycles. The lowest BCUT2D eigenvalue weighted by Gasteiger charge is -2.15. The highest BCUT2D eigenvalue weighted by atomic mass is 16.5. The van der Waals surface area contributed by atoms with Crippen LogP contribution in [0.25, 0.3) is 0 Å². The third kappa shape index (κ3) is 8.13. The van der Waals surface area contributed by atoms with Gasteiger partial charge in [-0.1, -0.05) is 11.6 Å². The van der Waals surface area contributed by atoms with Crippen LogP contribution in [0, 0.1) is 0 Å². The Bertz CT molecular complexity index is 393. The van der Waals surface area contributed by atoms with Crippen LogP contribution in [-0.4, -0.2) is 64.7 Å². The van der Waals surface area contributed by atoms with Crippen LogP contribution in [0.5, 0.6) is 0 Å². The van der Waals surface area contributed by atoms with Crippen molar-refractivity contribution in [3.63, 3.8) is 0 Å². The molecular weight excluding hydrogens is 306 g/mol. The molecule has 0 amide bonds. The summed E-state index contributed by atoms with van der Waals surface area (Å²) in [5, 5.41) is 6.69. The van der Waals surface area contributed by atoms with E-state index in [0.717, 1.165) is 84.3 Å². The van der Waals surface area contributed by atoms with Gasteiger partial charge in [-0.25, -0.2) is 0 Å². The molecular formula is C18H33N3O3. The first-order chi connectivity index (χ1) is 11.9. The minimum Gasteiger partial charge on any atom is -0.379 e. The molecule has 1 saturated heterocycles. The van der Waals surface area contributed by atoms with Gasteiger partial charge in [0.1, 0.15) is 0 Å². The van der Waals surface area contributed by atoms with Crippen LogP contribution < -0.4 is 10.6 Å². The van der Waals surface area contributed by atoms with Gasteiger partial charge in [-0.2, -0.15) is 0 Å². The average Bonchev–Trinajstić information content (AvgIpc) is 3.12. The van der Waals surface area contributed by atoms with E-state index in [0.29, 0.717) is 6.10 Å². The standard InChI is InChI=1S/C18H33N3O3/c1-2-19-18(21-10-6-16-7-13-22-14-8-16)20-9-4-11-23-15-17-5-3-12-24-17/h7,17H,2-6,8-15H2,1H3,(H2,19,20,21). The summed E-state index contributed by atoms with van der Waals surface area (Å²) in [4.78, 5) is 4.60. The number of guanidine groups is 1. The van der Waals surface area contributed by atoms with Crippen LogP contribution in [0.1, 0.15) is 39.0 Å². The maximum atomic E-state index is 5.67. The highest BCUT2D eigenvalue weighted by molar-refractivity contribution is 5.79. The highest BCUT2D eigenvalue weighted by Gasteiger charge is 2.14. The number of ether oxygens (including phenoxy) is 3. The minimum atomic E-state index is 0.312. The van der Waals surface area contributed by atoms with E-state index in [9.17, 15) is 0 Å². The second-order valence-corrected chi connectivity index (χ2v) is 6.19. The lowest BCUT2D eigenvalue weighted by atomic mass is 10.1. The van der Waals surface area contributed by atoms with Gasteiger partial charge in [0.15, 0.2) is 5.96 Å². The van der Waals surface area contributed by atoms with Crippen molar-refractivity contribution in [3.05, 3.63) is 11.6 Å². The highest BCUT2D eigenvalue weighted by Crippen LogP contribution is 2.12. The molecule has 2 heterocycles. The summed E-state index contributed by atoms with van der Waals surface area (Å²) in [5.74, 6) is 0.893. The van der Waals surface area contributed by atoms with Gasteiger partial charge in [-0.3, -0.25) is 4.99 Å². The Morgan fingerprint density at radius 1 is 1.38 bits per heavy atom. The number of hydrogen-bond acceptors (Lipinski definition) is 4. The first-order valence-corrected chi connectivity index (χ1v) is 9.35. The van der Waals surface area contributed by atoms with E-state index in [-0.39, 0.29) is 0 Å². The molecule has 2 aliphatic rings. The van der Waals surface area contributed by atoms with Crippen LogP contribution in [0.15, 0.2) is 16.6 Å². The molecule has 0 aromatic heterocycles. The molecule has 2 N–H and O–H groups in total. The Morgan fingerprint density at radius 3 is 3.08 bits per heavy atom. The van der Waals surface area contributed by atoms with Gasteiger partial charge >= 0.3 is 0 Å². The lowest BCUT2D eigenvalue weighted by molar-refractivity contribution is 0.0171. The maximum absolute atomic E-state index is 5.67. The zero-order valence-electron chi connectivity index (χ0n) is 15.0. The van der Waals surface area contributed by atoms with Crippen LogP contribution in [0.4, 0.5) is 0 Å². The fourth-order valence-corrected chi connectivity index (χ4v) is 2.82. The molecule has 0 bridgehead atoms. The molecule has 0 radical (unpaired) electrons. The van der Waals surface area contributed by atoms with Gasteiger partial charge in [0.25, 0.3) is 0 Å². The van der Waals surface area contributed by atoms with Gasteiger partial charge in [-0.05, 0) is 39.0 Å². The number of nitrogens with one attached hydrogen (secondary N) is 2. The van der Waals surface area contributed by atoms with E-state index >= 15 is 0 Å². The van der Waals surface area contributed by atoms with E-state index in [4.69, 9.17) is 14.2 Å². The Balaban J connectivity index is 1.54. The average molecular weight is 339 g/mol. The zero-order chi connectivity index (χ0) is 16.9. The monoisotopic (exact) mass is 339 g/mol. The van der Waals surface area contributed by atoms with E-state index in [1.54, 1.807) is 0 Å². The fraction of sp³-hybridized carbons (Fsp3) is 0.833. The molecule has 6 nitrogen and oxygen atoms in total. The second-order valence-electron chi connectivity index (χ2n) is 6.19. The Labute approximate surface area is 146 Å². The number of rotatable bonds is 10. The summed E-state index contributed by atoms with van der Waals surface area (Å²) in [6.45, 7) is 8.61. The van der Waals surface area contributed by atoms with Crippen molar-refractivity contribution in [2.45, 2.75) is 45.1 Å². The van der Waals surface area contributed by atoms with Crippen molar-refractivity contribution in [2.75, 3.05) is 52.7 Å². The first kappa shape index (κ1) is 19.2.